The van der Waals surface area contributed by atoms with E-state index < -0.39 is 32.9 Å². The van der Waals surface area contributed by atoms with Crippen LogP contribution in [-0.4, -0.2) is 111 Å². The largest absolute Gasteiger partial charge is 0.416 e. The predicted molar refractivity (Wildman–Crippen MR) is 307 cm³/mol. The smallest absolute Gasteiger partial charge is 0.382 e. The molecule has 1 saturated heterocycles. The molecule has 5 N–H and O–H groups in total. The van der Waals surface area contributed by atoms with E-state index in [1.165, 1.54) is 36.6 Å². The number of halogens is 3. The lowest BCUT2D eigenvalue weighted by Gasteiger charge is -2.35. The lowest BCUT2D eigenvalue weighted by atomic mass is 10.0. The fourth-order valence-electron chi connectivity index (χ4n) is 8.18. The molecule has 1 aliphatic heterocycles. The Balaban J connectivity index is 0.000000229. The zero-order valence-corrected chi connectivity index (χ0v) is 47.4. The van der Waals surface area contributed by atoms with Crippen molar-refractivity contribution in [1.82, 2.24) is 39.3 Å². The number of nitrogen functional groups attached to an aromatic ring is 1. The van der Waals surface area contributed by atoms with Crippen molar-refractivity contribution < 1.29 is 32.1 Å². The first kappa shape index (κ1) is 58.4. The van der Waals surface area contributed by atoms with E-state index in [0.29, 0.717) is 60.5 Å². The third-order valence-electron chi connectivity index (χ3n) is 12.4. The van der Waals surface area contributed by atoms with Gasteiger partial charge < -0.3 is 25.5 Å². The number of alkyl halides is 3. The van der Waals surface area contributed by atoms with Crippen molar-refractivity contribution in [1.29, 1.82) is 0 Å². The van der Waals surface area contributed by atoms with Gasteiger partial charge in [-0.15, -0.1) is 0 Å². The van der Waals surface area contributed by atoms with Crippen molar-refractivity contribution in [3.63, 3.8) is 0 Å². The van der Waals surface area contributed by atoms with Crippen LogP contribution in [0.2, 0.25) is 19.6 Å². The molecule has 408 valence electrons. The van der Waals surface area contributed by atoms with Crippen LogP contribution >= 0.6 is 7.14 Å². The topological polar surface area (TPSA) is 206 Å². The predicted octanol–water partition coefficient (Wildman–Crippen LogP) is 9.17. The van der Waals surface area contributed by atoms with Crippen molar-refractivity contribution in [2.45, 2.75) is 60.1 Å². The Morgan fingerprint density at radius 1 is 0.696 bits per heavy atom. The van der Waals surface area contributed by atoms with E-state index in [0.717, 1.165) is 34.1 Å². The van der Waals surface area contributed by atoms with Gasteiger partial charge in [-0.2, -0.15) is 13.2 Å². The molecule has 0 unspecified atom stereocenters. The standard InChI is InChI=1S/C29H32F3N6O2P.C29H30N6O2Si/c1-20-4-5-22(14-21(20)6-9-25-16-35-27(33)17-34-25)28(39)36-24-8-7-23(26(15-24)29(30,31)32)18-37-10-12-38(13-11-37)19-41(2,3)40;1-19-7-10-25(11-23(19)9-8-22-15-30-29(31-16-22)33-21(3)36)34-28(37)24-12-26(35-17-20(2)32-18-35)14-27(13-24)38(4,5)6/h4-5,7-8,14-17H,10-13,18-19H2,1-3H3,(H2,33,35)(H,36,39);7,10-18H,1-6H3,(H,34,37)(H,30,31,33,36). The first-order valence-electron chi connectivity index (χ1n) is 25.2. The first-order chi connectivity index (χ1) is 37.2. The number of aromatic nitrogens is 6. The van der Waals surface area contributed by atoms with Crippen molar-refractivity contribution in [3.05, 3.63) is 172 Å². The molecule has 4 heterocycles. The van der Waals surface area contributed by atoms with E-state index in [1.54, 1.807) is 50.2 Å². The fourth-order valence-corrected chi connectivity index (χ4v) is 10.6. The minimum atomic E-state index is -4.59. The second-order valence-corrected chi connectivity index (χ2v) is 29.2. The van der Waals surface area contributed by atoms with Gasteiger partial charge in [-0.05, 0) is 105 Å². The molecule has 0 spiro atoms. The maximum absolute atomic E-state index is 14.0. The van der Waals surface area contributed by atoms with Gasteiger partial charge in [-0.1, -0.05) is 66.9 Å². The minimum Gasteiger partial charge on any atom is -0.382 e. The summed E-state index contributed by atoms with van der Waals surface area (Å²) in [5.41, 5.74) is 12.4. The molecule has 0 bridgehead atoms. The summed E-state index contributed by atoms with van der Waals surface area (Å²) in [5, 5.41) is 9.33. The monoisotopic (exact) mass is 1110 g/mol. The van der Waals surface area contributed by atoms with E-state index in [9.17, 15) is 32.1 Å². The number of hydrogen-bond acceptors (Lipinski definition) is 12. The van der Waals surface area contributed by atoms with Gasteiger partial charge in [0.25, 0.3) is 11.8 Å². The molecule has 16 nitrogen and oxygen atoms in total. The Morgan fingerprint density at radius 3 is 1.92 bits per heavy atom. The van der Waals surface area contributed by atoms with Gasteiger partial charge in [0.15, 0.2) is 0 Å². The van der Waals surface area contributed by atoms with Gasteiger partial charge in [0.1, 0.15) is 11.5 Å². The number of rotatable bonds is 11. The molecule has 3 aromatic heterocycles. The second-order valence-electron chi connectivity index (χ2n) is 20.7. The maximum atomic E-state index is 14.0. The molecular weight excluding hydrogens is 1040 g/mol. The fraction of sp³-hybridized carbons (Fsp3) is 0.276. The second kappa shape index (κ2) is 25.0. The molecule has 0 radical (unpaired) electrons. The number of piperazine rings is 1. The lowest BCUT2D eigenvalue weighted by Crippen LogP contribution is -2.46. The van der Waals surface area contributed by atoms with Crippen LogP contribution in [0.15, 0.2) is 110 Å². The van der Waals surface area contributed by atoms with Crippen LogP contribution in [0.4, 0.5) is 36.3 Å². The number of nitrogens with one attached hydrogen (secondary N) is 3. The van der Waals surface area contributed by atoms with Gasteiger partial charge in [-0.25, -0.2) is 24.9 Å². The molecule has 8 rings (SSSR count). The Labute approximate surface area is 459 Å². The minimum absolute atomic E-state index is 0.0443. The molecule has 3 amide bonds. The van der Waals surface area contributed by atoms with Crippen molar-refractivity contribution in [3.8, 4) is 29.4 Å². The highest BCUT2D eigenvalue weighted by atomic mass is 31.2. The Morgan fingerprint density at radius 2 is 1.32 bits per heavy atom. The van der Waals surface area contributed by atoms with Crippen LogP contribution in [0.1, 0.15) is 78.0 Å². The number of carbonyl (C=O) groups is 3. The molecule has 0 atom stereocenters. The number of anilines is 4. The van der Waals surface area contributed by atoms with E-state index in [4.69, 9.17) is 5.73 Å². The number of hydrogen-bond donors (Lipinski definition) is 4. The SMILES string of the molecule is CC(=O)Nc1ncc(C#Cc2cc(NC(=O)c3cc(-n4cnc(C)c4)cc([Si](C)(C)C)c3)ccc2C)cn1.Cc1ccc(C(=O)Nc2ccc(CN3CCN(CP(C)(C)=O)CC3)c(C(F)(F)F)c2)cc1C#Cc1cnc(N)cn1. The van der Waals surface area contributed by atoms with Gasteiger partial charge >= 0.3 is 6.18 Å². The first-order valence-corrected chi connectivity index (χ1v) is 31.4. The summed E-state index contributed by atoms with van der Waals surface area (Å²) in [4.78, 5) is 62.1. The van der Waals surface area contributed by atoms with E-state index in [-0.39, 0.29) is 46.9 Å². The van der Waals surface area contributed by atoms with Gasteiger partial charge in [0.05, 0.1) is 57.0 Å². The number of amides is 3. The molecular formula is C58H62F3N12O4PSi. The third-order valence-corrected chi connectivity index (χ3v) is 15.5. The zero-order chi connectivity index (χ0) is 57.2. The summed E-state index contributed by atoms with van der Waals surface area (Å²) in [7, 11) is -3.90. The van der Waals surface area contributed by atoms with Crippen LogP contribution in [0.5, 0.6) is 0 Å². The maximum Gasteiger partial charge on any atom is 0.416 e. The highest BCUT2D eigenvalue weighted by molar-refractivity contribution is 7.62. The summed E-state index contributed by atoms with van der Waals surface area (Å²) in [6, 6.07) is 20.4. The summed E-state index contributed by atoms with van der Waals surface area (Å²) < 4.78 is 56.2. The summed E-state index contributed by atoms with van der Waals surface area (Å²) >= 11 is 0. The van der Waals surface area contributed by atoms with Gasteiger partial charge in [0.2, 0.25) is 11.9 Å². The number of imidazole rings is 1. The highest BCUT2D eigenvalue weighted by Gasteiger charge is 2.35. The number of carbonyl (C=O) groups excluding carboxylic acids is 3. The normalized spacial score (nSPS) is 12.9. The van der Waals surface area contributed by atoms with Crippen LogP contribution in [0.3, 0.4) is 0 Å². The molecule has 79 heavy (non-hydrogen) atoms. The van der Waals surface area contributed by atoms with Crippen molar-refractivity contribution >= 4 is 61.3 Å². The number of nitrogens with two attached hydrogens (primary N) is 1. The van der Waals surface area contributed by atoms with E-state index in [1.807, 2.05) is 66.8 Å². The number of nitrogens with zero attached hydrogens (tertiary/aromatic N) is 8. The average molecular weight is 1110 g/mol. The number of benzene rings is 4. The molecule has 0 saturated carbocycles. The van der Waals surface area contributed by atoms with Crippen molar-refractivity contribution in [2.75, 3.05) is 67.5 Å². The van der Waals surface area contributed by atoms with Crippen LogP contribution in [0.25, 0.3) is 5.69 Å². The third kappa shape index (κ3) is 17.1. The summed E-state index contributed by atoms with van der Waals surface area (Å²) in [6.45, 7) is 20.0. The van der Waals surface area contributed by atoms with E-state index >= 15 is 0 Å². The molecule has 21 heteroatoms. The van der Waals surface area contributed by atoms with Crippen LogP contribution < -0.4 is 26.9 Å². The number of aryl methyl sites for hydroxylation is 3. The summed E-state index contributed by atoms with van der Waals surface area (Å²) in [6.07, 6.45) is 5.57. The Hall–Kier alpha value is -8.26. The van der Waals surface area contributed by atoms with E-state index in [2.05, 4.69) is 95.2 Å². The summed E-state index contributed by atoms with van der Waals surface area (Å²) in [5.74, 6) is 11.5. The zero-order valence-electron chi connectivity index (χ0n) is 45.5. The molecule has 7 aromatic rings. The quantitative estimate of drug-likeness (QED) is 0.0544. The van der Waals surface area contributed by atoms with Crippen LogP contribution in [-0.2, 0) is 22.1 Å². The Bertz CT molecular complexity index is 3570. The van der Waals surface area contributed by atoms with Crippen molar-refractivity contribution in [2.24, 2.45) is 0 Å². The molecule has 4 aromatic carbocycles. The lowest BCUT2D eigenvalue weighted by molar-refractivity contribution is -0.138. The average Bonchev–Trinajstić information content (AvgIpc) is 3.84. The van der Waals surface area contributed by atoms with Crippen LogP contribution in [0, 0.1) is 44.5 Å². The molecule has 1 fully saturated rings. The molecule has 0 aliphatic carbocycles. The molecule has 1 aliphatic rings. The Kier molecular flexibility index (Phi) is 18.5. The van der Waals surface area contributed by atoms with Gasteiger partial charge in [0, 0.05) is 97.6 Å². The highest BCUT2D eigenvalue weighted by Crippen LogP contribution is 2.37. The van der Waals surface area contributed by atoms with Gasteiger partial charge in [-0.3, -0.25) is 29.5 Å².